The number of sulfonamides is 1. The second kappa shape index (κ2) is 7.46. The topological polar surface area (TPSA) is 88.2 Å². The Hall–Kier alpha value is -2.55. The summed E-state index contributed by atoms with van der Waals surface area (Å²) in [5, 5.41) is 5.14. The van der Waals surface area contributed by atoms with Crippen molar-refractivity contribution in [2.24, 2.45) is 0 Å². The predicted molar refractivity (Wildman–Crippen MR) is 110 cm³/mol. The molecule has 4 rings (SSSR count). The van der Waals surface area contributed by atoms with E-state index in [0.717, 1.165) is 24.1 Å². The lowest BCUT2D eigenvalue weighted by molar-refractivity contribution is 0.102. The minimum atomic E-state index is -3.61. The van der Waals surface area contributed by atoms with Gasteiger partial charge < -0.3 is 0 Å². The first-order valence-corrected chi connectivity index (χ1v) is 11.3. The molecule has 144 valence electrons. The van der Waals surface area contributed by atoms with Crippen LogP contribution in [0.25, 0.3) is 11.3 Å². The molecule has 0 radical (unpaired) electrons. The van der Waals surface area contributed by atoms with Gasteiger partial charge in [-0.1, -0.05) is 18.2 Å². The molecular formula is C20H19N3O3S2. The molecule has 2 aromatic carbocycles. The van der Waals surface area contributed by atoms with Crippen molar-refractivity contribution in [2.75, 3.05) is 12.4 Å². The second-order valence-electron chi connectivity index (χ2n) is 6.56. The zero-order valence-corrected chi connectivity index (χ0v) is 16.9. The molecule has 1 aliphatic rings. The Kier molecular flexibility index (Phi) is 5.01. The Balaban J connectivity index is 1.53. The Morgan fingerprint density at radius 3 is 2.75 bits per heavy atom. The van der Waals surface area contributed by atoms with Crippen molar-refractivity contribution in [2.45, 2.75) is 24.2 Å². The van der Waals surface area contributed by atoms with E-state index in [-0.39, 0.29) is 10.5 Å². The summed E-state index contributed by atoms with van der Waals surface area (Å²) in [7, 11) is -2.28. The lowest BCUT2D eigenvalue weighted by Gasteiger charge is -2.06. The highest BCUT2D eigenvalue weighted by Gasteiger charge is 2.16. The molecule has 1 amide bonds. The maximum Gasteiger partial charge on any atom is 0.257 e. The quantitative estimate of drug-likeness (QED) is 0.670. The molecule has 3 aromatic rings. The Bertz CT molecular complexity index is 1150. The van der Waals surface area contributed by atoms with E-state index in [1.807, 2.05) is 5.38 Å². The van der Waals surface area contributed by atoms with Crippen molar-refractivity contribution in [3.63, 3.8) is 0 Å². The Labute approximate surface area is 167 Å². The number of hydrogen-bond donors (Lipinski definition) is 2. The van der Waals surface area contributed by atoms with Crippen LogP contribution in [0.3, 0.4) is 0 Å². The number of aromatic nitrogens is 1. The highest BCUT2D eigenvalue weighted by molar-refractivity contribution is 7.89. The molecule has 0 spiro atoms. The third-order valence-corrected chi connectivity index (χ3v) is 6.96. The third-order valence-electron chi connectivity index (χ3n) is 4.79. The van der Waals surface area contributed by atoms with Gasteiger partial charge in [0.1, 0.15) is 0 Å². The van der Waals surface area contributed by atoms with Crippen molar-refractivity contribution >= 4 is 32.4 Å². The van der Waals surface area contributed by atoms with Gasteiger partial charge in [0.05, 0.1) is 10.6 Å². The number of nitrogens with one attached hydrogen (secondary N) is 2. The number of rotatable bonds is 5. The summed E-state index contributed by atoms with van der Waals surface area (Å²) >= 11 is 1.34. The van der Waals surface area contributed by atoms with Crippen molar-refractivity contribution < 1.29 is 13.2 Å². The van der Waals surface area contributed by atoms with E-state index < -0.39 is 15.9 Å². The van der Waals surface area contributed by atoms with E-state index in [1.54, 1.807) is 6.07 Å². The first-order valence-electron chi connectivity index (χ1n) is 8.89. The Morgan fingerprint density at radius 2 is 1.93 bits per heavy atom. The van der Waals surface area contributed by atoms with Crippen LogP contribution in [0, 0.1) is 0 Å². The number of fused-ring (bicyclic) bond motifs is 1. The number of thiazole rings is 1. The van der Waals surface area contributed by atoms with Crippen molar-refractivity contribution in [3.05, 3.63) is 64.5 Å². The molecule has 8 heteroatoms. The van der Waals surface area contributed by atoms with Crippen LogP contribution in [-0.4, -0.2) is 26.4 Å². The lowest BCUT2D eigenvalue weighted by Crippen LogP contribution is -2.19. The number of carbonyl (C=O) groups excluding carboxylic acids is 1. The Morgan fingerprint density at radius 1 is 1.11 bits per heavy atom. The molecule has 0 fully saturated rings. The molecule has 6 nitrogen and oxygen atoms in total. The van der Waals surface area contributed by atoms with Crippen molar-refractivity contribution in [1.29, 1.82) is 0 Å². The molecule has 0 unspecified atom stereocenters. The summed E-state index contributed by atoms with van der Waals surface area (Å²) in [6.07, 6.45) is 3.43. The number of benzene rings is 2. The summed E-state index contributed by atoms with van der Waals surface area (Å²) < 4.78 is 26.1. The second-order valence-corrected chi connectivity index (χ2v) is 9.31. The third kappa shape index (κ3) is 3.71. The highest BCUT2D eigenvalue weighted by Crippen LogP contribution is 2.30. The fourth-order valence-corrected chi connectivity index (χ4v) is 4.78. The average Bonchev–Trinajstić information content (AvgIpc) is 3.36. The van der Waals surface area contributed by atoms with Crippen LogP contribution in [0.4, 0.5) is 5.13 Å². The monoisotopic (exact) mass is 413 g/mol. The molecule has 2 N–H and O–H groups in total. The van der Waals surface area contributed by atoms with E-state index >= 15 is 0 Å². The van der Waals surface area contributed by atoms with Crippen LogP contribution in [0.5, 0.6) is 0 Å². The predicted octanol–water partition coefficient (Wildman–Crippen LogP) is 3.46. The van der Waals surface area contributed by atoms with Gasteiger partial charge in [-0.15, -0.1) is 11.3 Å². The first-order chi connectivity index (χ1) is 13.5. The summed E-state index contributed by atoms with van der Waals surface area (Å²) in [6, 6.07) is 12.3. The van der Waals surface area contributed by atoms with Gasteiger partial charge in [-0.05, 0) is 61.7 Å². The molecular weight excluding hydrogens is 394 g/mol. The van der Waals surface area contributed by atoms with E-state index in [2.05, 4.69) is 33.2 Å². The van der Waals surface area contributed by atoms with Gasteiger partial charge in [0.25, 0.3) is 5.91 Å². The lowest BCUT2D eigenvalue weighted by atomic mass is 10.1. The zero-order valence-electron chi connectivity index (χ0n) is 15.2. The molecule has 0 bridgehead atoms. The molecule has 0 atom stereocenters. The average molecular weight is 414 g/mol. The van der Waals surface area contributed by atoms with Gasteiger partial charge in [-0.2, -0.15) is 0 Å². The van der Waals surface area contributed by atoms with E-state index in [0.29, 0.717) is 5.13 Å². The van der Waals surface area contributed by atoms with Crippen LogP contribution in [0.2, 0.25) is 0 Å². The minimum absolute atomic E-state index is 0.0422. The molecule has 1 aromatic heterocycles. The van der Waals surface area contributed by atoms with Crippen molar-refractivity contribution in [3.8, 4) is 11.3 Å². The SMILES string of the molecule is CNS(=O)(=O)c1cccc(C(=O)Nc2nc(-c3ccc4c(c3)CCC4)cs2)c1. The maximum absolute atomic E-state index is 12.5. The van der Waals surface area contributed by atoms with Crippen LogP contribution in [0.1, 0.15) is 27.9 Å². The standard InChI is InChI=1S/C20H19N3O3S2/c1-21-28(25,26)17-7-3-6-16(11-17)19(24)23-20-22-18(12-27-20)15-9-8-13-4-2-5-14(13)10-15/h3,6-12,21H,2,4-5H2,1H3,(H,22,23,24). The van der Waals surface area contributed by atoms with Gasteiger partial charge in [0.2, 0.25) is 10.0 Å². The fourth-order valence-electron chi connectivity index (χ4n) is 3.29. The zero-order chi connectivity index (χ0) is 19.7. The first kappa shape index (κ1) is 18.8. The summed E-state index contributed by atoms with van der Waals surface area (Å²) in [5.41, 5.74) is 4.90. The highest BCUT2D eigenvalue weighted by atomic mass is 32.2. The van der Waals surface area contributed by atoms with Gasteiger partial charge in [0, 0.05) is 16.5 Å². The largest absolute Gasteiger partial charge is 0.298 e. The number of carbonyl (C=O) groups is 1. The van der Waals surface area contributed by atoms with E-state index in [9.17, 15) is 13.2 Å². The van der Waals surface area contributed by atoms with E-state index in [4.69, 9.17) is 0 Å². The number of hydrogen-bond acceptors (Lipinski definition) is 5. The molecule has 28 heavy (non-hydrogen) atoms. The van der Waals surface area contributed by atoms with Crippen LogP contribution < -0.4 is 10.0 Å². The van der Waals surface area contributed by atoms with Crippen molar-refractivity contribution in [1.82, 2.24) is 9.71 Å². The van der Waals surface area contributed by atoms with E-state index in [1.165, 1.54) is 54.1 Å². The smallest absolute Gasteiger partial charge is 0.257 e. The molecule has 0 saturated heterocycles. The number of anilines is 1. The summed E-state index contributed by atoms with van der Waals surface area (Å²) in [6.45, 7) is 0. The summed E-state index contributed by atoms with van der Waals surface area (Å²) in [5.74, 6) is -0.400. The molecule has 0 aliphatic heterocycles. The summed E-state index contributed by atoms with van der Waals surface area (Å²) in [4.78, 5) is 17.1. The van der Waals surface area contributed by atoms with Crippen LogP contribution in [0.15, 0.2) is 52.7 Å². The van der Waals surface area contributed by atoms with Crippen LogP contribution >= 0.6 is 11.3 Å². The fraction of sp³-hybridized carbons (Fsp3) is 0.200. The maximum atomic E-state index is 12.5. The van der Waals surface area contributed by atoms with Crippen LogP contribution in [-0.2, 0) is 22.9 Å². The number of amides is 1. The number of nitrogens with zero attached hydrogens (tertiary/aromatic N) is 1. The number of aryl methyl sites for hydroxylation is 2. The van der Waals surface area contributed by atoms with Gasteiger partial charge in [-0.25, -0.2) is 18.1 Å². The van der Waals surface area contributed by atoms with Gasteiger partial charge in [-0.3, -0.25) is 10.1 Å². The van der Waals surface area contributed by atoms with Gasteiger partial charge >= 0.3 is 0 Å². The minimum Gasteiger partial charge on any atom is -0.298 e. The van der Waals surface area contributed by atoms with Gasteiger partial charge in [0.15, 0.2) is 5.13 Å². The normalized spacial score (nSPS) is 13.3. The molecule has 1 heterocycles. The molecule has 0 saturated carbocycles. The molecule has 1 aliphatic carbocycles.